The van der Waals surface area contributed by atoms with Crippen molar-refractivity contribution < 1.29 is 14.3 Å². The summed E-state index contributed by atoms with van der Waals surface area (Å²) >= 11 is 11.9. The van der Waals surface area contributed by atoms with Gasteiger partial charge >= 0.3 is 5.97 Å². The van der Waals surface area contributed by atoms with Crippen molar-refractivity contribution >= 4 is 40.8 Å². The Bertz CT molecular complexity index is 748. The van der Waals surface area contributed by atoms with Gasteiger partial charge in [-0.05, 0) is 30.7 Å². The summed E-state index contributed by atoms with van der Waals surface area (Å²) in [6.45, 7) is 1.68. The largest absolute Gasteiger partial charge is 0.467 e. The fraction of sp³-hybridized carbons (Fsp3) is 0.263. The quantitative estimate of drug-likeness (QED) is 0.702. The predicted octanol–water partition coefficient (Wildman–Crippen LogP) is 3.69. The van der Waals surface area contributed by atoms with E-state index in [1.807, 2.05) is 30.3 Å². The Morgan fingerprint density at radius 3 is 2.27 bits per heavy atom. The van der Waals surface area contributed by atoms with E-state index in [0.29, 0.717) is 22.2 Å². The van der Waals surface area contributed by atoms with E-state index in [-0.39, 0.29) is 5.91 Å². The van der Waals surface area contributed by atoms with E-state index in [0.717, 1.165) is 5.56 Å². The number of carbonyl (C=O) groups is 2. The molecule has 0 saturated carbocycles. The fourth-order valence-corrected chi connectivity index (χ4v) is 2.96. The van der Waals surface area contributed by atoms with E-state index < -0.39 is 18.1 Å². The maximum Gasteiger partial charge on any atom is 0.328 e. The van der Waals surface area contributed by atoms with Crippen molar-refractivity contribution in [2.24, 2.45) is 0 Å². The zero-order valence-corrected chi connectivity index (χ0v) is 16.0. The van der Waals surface area contributed by atoms with E-state index in [1.165, 1.54) is 7.11 Å². The van der Waals surface area contributed by atoms with Gasteiger partial charge in [0.05, 0.1) is 7.11 Å². The lowest BCUT2D eigenvalue weighted by Crippen LogP contribution is -2.48. The molecule has 5 nitrogen and oxygen atoms in total. The Balaban J connectivity index is 2.04. The summed E-state index contributed by atoms with van der Waals surface area (Å²) in [7, 11) is 1.29. The molecule has 1 unspecified atom stereocenters. The van der Waals surface area contributed by atoms with Gasteiger partial charge in [-0.1, -0.05) is 53.5 Å². The van der Waals surface area contributed by atoms with Crippen molar-refractivity contribution in [1.29, 1.82) is 0 Å². The van der Waals surface area contributed by atoms with Crippen molar-refractivity contribution in [3.05, 3.63) is 64.1 Å². The smallest absolute Gasteiger partial charge is 0.328 e. The van der Waals surface area contributed by atoms with Gasteiger partial charge in [-0.3, -0.25) is 4.79 Å². The Kier molecular flexibility index (Phi) is 7.30. The average Bonchev–Trinajstić information content (AvgIpc) is 2.60. The van der Waals surface area contributed by atoms with Crippen LogP contribution in [0.2, 0.25) is 10.0 Å². The molecular weight excluding hydrogens is 375 g/mol. The average molecular weight is 395 g/mol. The third kappa shape index (κ3) is 5.93. The standard InChI is InChI=1S/C19H20Cl2N2O3/c1-12(22-16-10-14(20)9-15(21)11-16)18(24)23-17(19(25)26-2)8-13-6-4-3-5-7-13/h3-7,9-12,17,22H,8H2,1-2H3,(H,23,24)/t12?,17-/m0/s1. The first-order valence-electron chi connectivity index (χ1n) is 8.04. The van der Waals surface area contributed by atoms with Crippen LogP contribution in [0.1, 0.15) is 12.5 Å². The van der Waals surface area contributed by atoms with Crippen LogP contribution < -0.4 is 10.6 Å². The topological polar surface area (TPSA) is 67.4 Å². The van der Waals surface area contributed by atoms with Crippen molar-refractivity contribution in [2.75, 3.05) is 12.4 Å². The summed E-state index contributed by atoms with van der Waals surface area (Å²) in [5, 5.41) is 6.66. The molecule has 0 saturated heterocycles. The van der Waals surface area contributed by atoms with Crippen LogP contribution in [0.5, 0.6) is 0 Å². The number of hydrogen-bond donors (Lipinski definition) is 2. The molecule has 7 heteroatoms. The molecule has 2 rings (SSSR count). The first-order chi connectivity index (χ1) is 12.4. The summed E-state index contributed by atoms with van der Waals surface area (Å²) in [5.41, 5.74) is 1.54. The van der Waals surface area contributed by atoms with Crippen molar-refractivity contribution in [1.82, 2.24) is 5.32 Å². The van der Waals surface area contributed by atoms with Crippen molar-refractivity contribution in [3.8, 4) is 0 Å². The number of halogens is 2. The number of hydrogen-bond acceptors (Lipinski definition) is 4. The number of rotatable bonds is 7. The van der Waals surface area contributed by atoms with E-state index in [9.17, 15) is 9.59 Å². The maximum atomic E-state index is 12.5. The molecule has 2 atom stereocenters. The molecule has 0 aliphatic heterocycles. The van der Waals surface area contributed by atoms with Crippen LogP contribution in [0.15, 0.2) is 48.5 Å². The van der Waals surface area contributed by atoms with Gasteiger partial charge in [0.2, 0.25) is 5.91 Å². The highest BCUT2D eigenvalue weighted by atomic mass is 35.5. The van der Waals surface area contributed by atoms with Gasteiger partial charge in [-0.25, -0.2) is 4.79 Å². The van der Waals surface area contributed by atoms with Gasteiger partial charge < -0.3 is 15.4 Å². The predicted molar refractivity (Wildman–Crippen MR) is 104 cm³/mol. The number of nitrogens with one attached hydrogen (secondary N) is 2. The number of amides is 1. The zero-order chi connectivity index (χ0) is 19.1. The first kappa shape index (κ1) is 20.1. The van der Waals surface area contributed by atoms with Crippen molar-refractivity contribution in [3.63, 3.8) is 0 Å². The van der Waals surface area contributed by atoms with Gasteiger partial charge in [0.15, 0.2) is 0 Å². The molecule has 0 aromatic heterocycles. The highest BCUT2D eigenvalue weighted by Crippen LogP contribution is 2.23. The highest BCUT2D eigenvalue weighted by molar-refractivity contribution is 6.35. The second-order valence-electron chi connectivity index (χ2n) is 5.80. The molecule has 2 N–H and O–H groups in total. The minimum absolute atomic E-state index is 0.340. The highest BCUT2D eigenvalue weighted by Gasteiger charge is 2.24. The molecule has 138 valence electrons. The van der Waals surface area contributed by atoms with Crippen LogP contribution in [0, 0.1) is 0 Å². The van der Waals surface area contributed by atoms with E-state index in [2.05, 4.69) is 10.6 Å². The molecule has 26 heavy (non-hydrogen) atoms. The second-order valence-corrected chi connectivity index (χ2v) is 6.67. The summed E-state index contributed by atoms with van der Waals surface area (Å²) < 4.78 is 4.81. The third-order valence-electron chi connectivity index (χ3n) is 3.72. The lowest BCUT2D eigenvalue weighted by Gasteiger charge is -2.21. The van der Waals surface area contributed by atoms with Gasteiger partial charge in [0.25, 0.3) is 0 Å². The number of esters is 1. The number of ether oxygens (including phenoxy) is 1. The van der Waals surface area contributed by atoms with E-state index in [4.69, 9.17) is 27.9 Å². The lowest BCUT2D eigenvalue weighted by molar-refractivity contribution is -0.145. The van der Waals surface area contributed by atoms with Crippen LogP contribution >= 0.6 is 23.2 Å². The molecule has 0 spiro atoms. The lowest BCUT2D eigenvalue weighted by atomic mass is 10.1. The molecular formula is C19H20Cl2N2O3. The van der Waals surface area contributed by atoms with Crippen molar-refractivity contribution in [2.45, 2.75) is 25.4 Å². The van der Waals surface area contributed by atoms with Crippen LogP contribution in [0.25, 0.3) is 0 Å². The summed E-state index contributed by atoms with van der Waals surface area (Å²) in [5.74, 6) is -0.840. The molecule has 0 aliphatic rings. The molecule has 2 aromatic rings. The summed E-state index contributed by atoms with van der Waals surface area (Å²) in [6.07, 6.45) is 0.342. The summed E-state index contributed by atoms with van der Waals surface area (Å²) in [4.78, 5) is 24.5. The molecule has 2 aromatic carbocycles. The second kappa shape index (κ2) is 9.46. The third-order valence-corrected chi connectivity index (χ3v) is 4.16. The van der Waals surface area contributed by atoms with Crippen LogP contribution in [0.4, 0.5) is 5.69 Å². The Labute approximate surface area is 162 Å². The molecule has 0 radical (unpaired) electrons. The molecule has 0 aliphatic carbocycles. The Hall–Kier alpha value is -2.24. The van der Waals surface area contributed by atoms with Gasteiger partial charge in [0, 0.05) is 22.2 Å². The Morgan fingerprint density at radius 1 is 1.08 bits per heavy atom. The number of methoxy groups -OCH3 is 1. The molecule has 0 bridgehead atoms. The molecule has 1 amide bonds. The SMILES string of the molecule is COC(=O)[C@H](Cc1ccccc1)NC(=O)C(C)Nc1cc(Cl)cc(Cl)c1. The normalized spacial score (nSPS) is 12.8. The van der Waals surface area contributed by atoms with E-state index in [1.54, 1.807) is 25.1 Å². The minimum atomic E-state index is -0.776. The molecule has 0 fully saturated rings. The van der Waals surface area contributed by atoms with E-state index >= 15 is 0 Å². The van der Waals surface area contributed by atoms with Gasteiger partial charge in [-0.15, -0.1) is 0 Å². The summed E-state index contributed by atoms with van der Waals surface area (Å²) in [6, 6.07) is 13.0. The number of anilines is 1. The zero-order valence-electron chi connectivity index (χ0n) is 14.5. The van der Waals surface area contributed by atoms with Gasteiger partial charge in [-0.2, -0.15) is 0 Å². The van der Waals surface area contributed by atoms with Gasteiger partial charge in [0.1, 0.15) is 12.1 Å². The maximum absolute atomic E-state index is 12.5. The number of carbonyl (C=O) groups excluding carboxylic acids is 2. The van der Waals surface area contributed by atoms with Crippen LogP contribution in [-0.4, -0.2) is 31.1 Å². The van der Waals surface area contributed by atoms with Crippen LogP contribution in [-0.2, 0) is 20.7 Å². The number of benzene rings is 2. The first-order valence-corrected chi connectivity index (χ1v) is 8.79. The minimum Gasteiger partial charge on any atom is -0.467 e. The van der Waals surface area contributed by atoms with Crippen LogP contribution in [0.3, 0.4) is 0 Å². The molecule has 0 heterocycles. The monoisotopic (exact) mass is 394 g/mol. The Morgan fingerprint density at radius 2 is 1.69 bits per heavy atom. The fourth-order valence-electron chi connectivity index (χ4n) is 2.43.